The number of rotatable bonds is 2. The number of halogens is 1. The number of hydrogen-bond donors (Lipinski definition) is 3. The largest absolute Gasteiger partial charge is 0.397 e. The summed E-state index contributed by atoms with van der Waals surface area (Å²) in [6, 6.07) is 4.73. The molecule has 0 aliphatic carbocycles. The zero-order valence-corrected chi connectivity index (χ0v) is 8.12. The molecule has 0 radical (unpaired) electrons. The molecule has 1 aromatic carbocycles. The maximum absolute atomic E-state index is 9.27. The molecule has 0 aliphatic rings. The number of para-hydroxylation sites is 1. The monoisotopic (exact) mass is 200 g/mol. The lowest BCUT2D eigenvalue weighted by Gasteiger charge is -2.17. The highest BCUT2D eigenvalue weighted by Crippen LogP contribution is 2.27. The number of aliphatic hydroxyl groups is 1. The molecule has 0 saturated heterocycles. The fourth-order valence-electron chi connectivity index (χ4n) is 1.10. The van der Waals surface area contributed by atoms with Crippen LogP contribution in [0.4, 0.5) is 5.69 Å². The fraction of sp³-hybridized carbons (Fsp3) is 0.333. The Kier molecular flexibility index (Phi) is 3.14. The Bertz CT molecular complexity index is 302. The van der Waals surface area contributed by atoms with Crippen LogP contribution in [0.25, 0.3) is 0 Å². The van der Waals surface area contributed by atoms with Crippen LogP contribution in [0.1, 0.15) is 18.5 Å². The molecule has 1 aromatic rings. The molecule has 0 amide bonds. The Morgan fingerprint density at radius 2 is 2.08 bits per heavy atom. The van der Waals surface area contributed by atoms with Crippen LogP contribution in [0, 0.1) is 0 Å². The maximum Gasteiger partial charge on any atom is 0.0705 e. The van der Waals surface area contributed by atoms with E-state index in [0.717, 1.165) is 0 Å². The smallest absolute Gasteiger partial charge is 0.0705 e. The summed E-state index contributed by atoms with van der Waals surface area (Å²) in [7, 11) is 0. The van der Waals surface area contributed by atoms with Gasteiger partial charge in [-0.25, -0.2) is 0 Å². The van der Waals surface area contributed by atoms with Gasteiger partial charge in [0.15, 0.2) is 0 Å². The molecular weight excluding hydrogens is 188 g/mol. The zero-order valence-electron chi connectivity index (χ0n) is 7.37. The van der Waals surface area contributed by atoms with Gasteiger partial charge in [0.2, 0.25) is 0 Å². The molecule has 3 nitrogen and oxygen atoms in total. The number of nitrogen functional groups attached to an aromatic ring is 1. The summed E-state index contributed by atoms with van der Waals surface area (Å²) in [5.41, 5.74) is 12.5. The van der Waals surface area contributed by atoms with Crippen LogP contribution in [-0.4, -0.2) is 11.2 Å². The number of benzene rings is 1. The summed E-state index contributed by atoms with van der Waals surface area (Å²) in [5.74, 6) is 0. The molecule has 4 heteroatoms. The lowest BCUT2D eigenvalue weighted by molar-refractivity contribution is 0.164. The quantitative estimate of drug-likeness (QED) is 0.631. The van der Waals surface area contributed by atoms with E-state index in [1.54, 1.807) is 25.1 Å². The third-order valence-electron chi connectivity index (χ3n) is 1.97. The molecule has 1 rings (SSSR count). The van der Waals surface area contributed by atoms with Gasteiger partial charge < -0.3 is 16.6 Å². The normalized spacial score (nSPS) is 15.4. The van der Waals surface area contributed by atoms with Crippen LogP contribution in [0.3, 0.4) is 0 Å². The molecule has 0 spiro atoms. The van der Waals surface area contributed by atoms with E-state index in [2.05, 4.69) is 0 Å². The molecule has 2 atom stereocenters. The summed E-state index contributed by atoms with van der Waals surface area (Å²) in [6.45, 7) is 1.62. The standard InChI is InChI=1S/C9H13ClN2O/c1-5(13)8(11)6-3-2-4-7(10)9(6)12/h2-5,8,13H,11-12H2,1H3. The van der Waals surface area contributed by atoms with E-state index >= 15 is 0 Å². The average Bonchev–Trinajstić information content (AvgIpc) is 2.08. The number of anilines is 1. The molecule has 72 valence electrons. The van der Waals surface area contributed by atoms with Crippen LogP contribution in [0.2, 0.25) is 5.02 Å². The Balaban J connectivity index is 3.07. The molecule has 0 aromatic heterocycles. The van der Waals surface area contributed by atoms with Crippen LogP contribution in [-0.2, 0) is 0 Å². The van der Waals surface area contributed by atoms with Crippen molar-refractivity contribution < 1.29 is 5.11 Å². The van der Waals surface area contributed by atoms with Gasteiger partial charge in [0.25, 0.3) is 0 Å². The summed E-state index contributed by atoms with van der Waals surface area (Å²) in [6.07, 6.45) is -0.638. The van der Waals surface area contributed by atoms with Gasteiger partial charge in [-0.3, -0.25) is 0 Å². The highest BCUT2D eigenvalue weighted by Gasteiger charge is 2.15. The lowest BCUT2D eigenvalue weighted by Crippen LogP contribution is -2.24. The summed E-state index contributed by atoms with van der Waals surface area (Å²) in [4.78, 5) is 0. The van der Waals surface area contributed by atoms with E-state index in [4.69, 9.17) is 23.1 Å². The maximum atomic E-state index is 9.27. The summed E-state index contributed by atoms with van der Waals surface area (Å²) >= 11 is 5.80. The van der Waals surface area contributed by atoms with Gasteiger partial charge in [0.05, 0.1) is 22.9 Å². The van der Waals surface area contributed by atoms with Crippen molar-refractivity contribution in [2.45, 2.75) is 19.1 Å². The minimum Gasteiger partial charge on any atom is -0.397 e. The van der Waals surface area contributed by atoms with Crippen LogP contribution in [0.15, 0.2) is 18.2 Å². The topological polar surface area (TPSA) is 72.3 Å². The van der Waals surface area contributed by atoms with Crippen LogP contribution < -0.4 is 11.5 Å². The molecule has 0 saturated carbocycles. The van der Waals surface area contributed by atoms with Gasteiger partial charge in [-0.15, -0.1) is 0 Å². The third kappa shape index (κ3) is 2.12. The van der Waals surface area contributed by atoms with Gasteiger partial charge in [0, 0.05) is 0 Å². The SMILES string of the molecule is CC(O)C(N)c1cccc(Cl)c1N. The highest BCUT2D eigenvalue weighted by atomic mass is 35.5. The van der Waals surface area contributed by atoms with E-state index < -0.39 is 12.1 Å². The molecule has 0 bridgehead atoms. The fourth-order valence-corrected chi connectivity index (χ4v) is 1.29. The van der Waals surface area contributed by atoms with Gasteiger partial charge in [0.1, 0.15) is 0 Å². The predicted molar refractivity (Wildman–Crippen MR) is 54.5 cm³/mol. The number of nitrogens with two attached hydrogens (primary N) is 2. The molecule has 5 N–H and O–H groups in total. The molecule has 0 aliphatic heterocycles. The van der Waals surface area contributed by atoms with Crippen molar-refractivity contribution in [1.29, 1.82) is 0 Å². The van der Waals surface area contributed by atoms with E-state index in [-0.39, 0.29) is 0 Å². The van der Waals surface area contributed by atoms with Gasteiger partial charge in [-0.05, 0) is 18.6 Å². The van der Waals surface area contributed by atoms with Crippen molar-refractivity contribution in [1.82, 2.24) is 0 Å². The van der Waals surface area contributed by atoms with E-state index in [0.29, 0.717) is 16.3 Å². The molecule has 0 fully saturated rings. The van der Waals surface area contributed by atoms with Crippen molar-refractivity contribution in [3.05, 3.63) is 28.8 Å². The predicted octanol–water partition coefficient (Wildman–Crippen LogP) is 1.30. The van der Waals surface area contributed by atoms with E-state index in [1.807, 2.05) is 0 Å². The Morgan fingerprint density at radius 3 is 2.62 bits per heavy atom. The lowest BCUT2D eigenvalue weighted by atomic mass is 10.0. The van der Waals surface area contributed by atoms with Gasteiger partial charge in [-0.1, -0.05) is 23.7 Å². The van der Waals surface area contributed by atoms with E-state index in [1.165, 1.54) is 0 Å². The number of hydrogen-bond acceptors (Lipinski definition) is 3. The first-order valence-corrected chi connectivity index (χ1v) is 4.39. The Hall–Kier alpha value is -0.770. The van der Waals surface area contributed by atoms with Crippen molar-refractivity contribution in [2.24, 2.45) is 5.73 Å². The summed E-state index contributed by atoms with van der Waals surface area (Å²) in [5, 5.41) is 9.73. The second-order valence-corrected chi connectivity index (χ2v) is 3.42. The molecule has 13 heavy (non-hydrogen) atoms. The van der Waals surface area contributed by atoms with E-state index in [9.17, 15) is 5.11 Å². The van der Waals surface area contributed by atoms with Crippen molar-refractivity contribution in [3.63, 3.8) is 0 Å². The third-order valence-corrected chi connectivity index (χ3v) is 2.30. The average molecular weight is 201 g/mol. The summed E-state index contributed by atoms with van der Waals surface area (Å²) < 4.78 is 0. The minimum atomic E-state index is -0.638. The second kappa shape index (κ2) is 3.96. The molecular formula is C9H13ClN2O. The van der Waals surface area contributed by atoms with Crippen molar-refractivity contribution in [3.8, 4) is 0 Å². The number of aliphatic hydroxyl groups excluding tert-OH is 1. The zero-order chi connectivity index (χ0) is 10.0. The van der Waals surface area contributed by atoms with Crippen molar-refractivity contribution >= 4 is 17.3 Å². The van der Waals surface area contributed by atoms with Crippen LogP contribution >= 0.6 is 11.6 Å². The van der Waals surface area contributed by atoms with Crippen LogP contribution in [0.5, 0.6) is 0 Å². The van der Waals surface area contributed by atoms with Gasteiger partial charge >= 0.3 is 0 Å². The minimum absolute atomic E-state index is 0.442. The molecule has 2 unspecified atom stereocenters. The Morgan fingerprint density at radius 1 is 1.46 bits per heavy atom. The molecule has 0 heterocycles. The first-order chi connectivity index (χ1) is 6.04. The second-order valence-electron chi connectivity index (χ2n) is 3.01. The Labute approximate surface area is 82.3 Å². The highest BCUT2D eigenvalue weighted by molar-refractivity contribution is 6.33. The first-order valence-electron chi connectivity index (χ1n) is 4.01. The first kappa shape index (κ1) is 10.3. The van der Waals surface area contributed by atoms with Crippen molar-refractivity contribution in [2.75, 3.05) is 5.73 Å². The van der Waals surface area contributed by atoms with Gasteiger partial charge in [-0.2, -0.15) is 0 Å².